The first-order chi connectivity index (χ1) is 8.12. The van der Waals surface area contributed by atoms with Gasteiger partial charge in [0.05, 0.1) is 0 Å². The quantitative estimate of drug-likeness (QED) is 0.837. The summed E-state index contributed by atoms with van der Waals surface area (Å²) in [5.74, 6) is 1.94. The Kier molecular flexibility index (Phi) is 3.90. The second kappa shape index (κ2) is 5.24. The molecule has 1 fully saturated rings. The molecular formula is C10H13NO4S2. The van der Waals surface area contributed by atoms with Crippen molar-refractivity contribution in [1.29, 1.82) is 0 Å². The number of rotatable bonds is 4. The summed E-state index contributed by atoms with van der Waals surface area (Å²) in [5.41, 5.74) is 0. The van der Waals surface area contributed by atoms with Gasteiger partial charge in [-0.15, -0.1) is 0 Å². The highest BCUT2D eigenvalue weighted by Crippen LogP contribution is 2.20. The van der Waals surface area contributed by atoms with Crippen molar-refractivity contribution in [2.45, 2.75) is 24.0 Å². The molecule has 0 spiro atoms. The molecule has 0 radical (unpaired) electrons. The zero-order valence-corrected chi connectivity index (χ0v) is 10.7. The summed E-state index contributed by atoms with van der Waals surface area (Å²) in [7, 11) is -3.63. The maximum absolute atomic E-state index is 11.9. The first-order valence-electron chi connectivity index (χ1n) is 5.27. The number of aldehydes is 1. The van der Waals surface area contributed by atoms with E-state index in [-0.39, 0.29) is 16.9 Å². The molecule has 1 aromatic rings. The topological polar surface area (TPSA) is 76.4 Å². The second-order valence-electron chi connectivity index (χ2n) is 3.78. The number of thioether (sulfide) groups is 1. The van der Waals surface area contributed by atoms with E-state index in [0.717, 1.165) is 24.3 Å². The summed E-state index contributed by atoms with van der Waals surface area (Å²) in [6, 6.07) is 2.60. The highest BCUT2D eigenvalue weighted by atomic mass is 32.2. The van der Waals surface area contributed by atoms with Crippen molar-refractivity contribution in [2.75, 3.05) is 11.5 Å². The minimum Gasteiger partial charge on any atom is -0.440 e. The molecule has 94 valence electrons. The number of carbonyl (C=O) groups is 1. The van der Waals surface area contributed by atoms with Gasteiger partial charge in [0.25, 0.3) is 10.0 Å². The van der Waals surface area contributed by atoms with Crippen molar-refractivity contribution in [3.05, 3.63) is 17.9 Å². The number of sulfonamides is 1. The fraction of sp³-hybridized carbons (Fsp3) is 0.500. The fourth-order valence-electron chi connectivity index (χ4n) is 1.64. The van der Waals surface area contributed by atoms with Gasteiger partial charge < -0.3 is 4.42 Å². The number of nitrogens with one attached hydrogen (secondary N) is 1. The molecule has 2 rings (SSSR count). The Bertz CT molecular complexity index is 488. The Morgan fingerprint density at radius 3 is 2.65 bits per heavy atom. The molecule has 1 aliphatic heterocycles. The lowest BCUT2D eigenvalue weighted by Gasteiger charge is -2.21. The lowest BCUT2D eigenvalue weighted by Crippen LogP contribution is -2.37. The lowest BCUT2D eigenvalue weighted by atomic mass is 10.2. The Hall–Kier alpha value is -0.790. The third-order valence-corrected chi connectivity index (χ3v) is 4.97. The molecule has 0 saturated carbocycles. The van der Waals surface area contributed by atoms with E-state index < -0.39 is 10.0 Å². The molecule has 1 aliphatic rings. The van der Waals surface area contributed by atoms with Crippen LogP contribution in [0.15, 0.2) is 21.6 Å². The van der Waals surface area contributed by atoms with Crippen LogP contribution in [-0.2, 0) is 10.0 Å². The number of hydrogen-bond donors (Lipinski definition) is 1. The Morgan fingerprint density at radius 2 is 2.06 bits per heavy atom. The number of furan rings is 1. The molecule has 2 heterocycles. The lowest BCUT2D eigenvalue weighted by molar-refractivity contribution is 0.109. The van der Waals surface area contributed by atoms with Gasteiger partial charge in [-0.05, 0) is 36.5 Å². The first kappa shape index (κ1) is 12.7. The highest BCUT2D eigenvalue weighted by Gasteiger charge is 2.24. The average Bonchev–Trinajstić information content (AvgIpc) is 2.79. The summed E-state index contributed by atoms with van der Waals surface area (Å²) in [6.45, 7) is 0. The summed E-state index contributed by atoms with van der Waals surface area (Å²) >= 11 is 1.82. The first-order valence-corrected chi connectivity index (χ1v) is 7.91. The van der Waals surface area contributed by atoms with E-state index in [0.29, 0.717) is 6.29 Å². The summed E-state index contributed by atoms with van der Waals surface area (Å²) < 4.78 is 31.3. The Balaban J connectivity index is 2.09. The monoisotopic (exact) mass is 275 g/mol. The van der Waals surface area contributed by atoms with Crippen LogP contribution in [0.25, 0.3) is 0 Å². The summed E-state index contributed by atoms with van der Waals surface area (Å²) in [6.07, 6.45) is 2.13. The van der Waals surface area contributed by atoms with Gasteiger partial charge in [-0.3, -0.25) is 4.79 Å². The standard InChI is InChI=1S/C10H13NO4S2/c12-7-9-1-2-10(15-9)17(13,14)11-8-3-5-16-6-4-8/h1-2,7-8,11H,3-6H2. The van der Waals surface area contributed by atoms with Gasteiger partial charge in [0.2, 0.25) is 5.09 Å². The van der Waals surface area contributed by atoms with Crippen LogP contribution < -0.4 is 4.72 Å². The molecule has 0 atom stereocenters. The van der Waals surface area contributed by atoms with E-state index in [1.54, 1.807) is 0 Å². The van der Waals surface area contributed by atoms with Crippen molar-refractivity contribution in [3.63, 3.8) is 0 Å². The maximum atomic E-state index is 11.9. The molecule has 0 aliphatic carbocycles. The van der Waals surface area contributed by atoms with Crippen LogP contribution in [0.2, 0.25) is 0 Å². The van der Waals surface area contributed by atoms with Crippen LogP contribution in [0.4, 0.5) is 0 Å². The highest BCUT2D eigenvalue weighted by molar-refractivity contribution is 7.99. The summed E-state index contributed by atoms with van der Waals surface area (Å²) in [5, 5.41) is -0.196. The molecule has 17 heavy (non-hydrogen) atoms. The molecule has 1 aromatic heterocycles. The van der Waals surface area contributed by atoms with Gasteiger partial charge in [-0.1, -0.05) is 0 Å². The largest absolute Gasteiger partial charge is 0.440 e. The van der Waals surface area contributed by atoms with Crippen LogP contribution in [0.1, 0.15) is 23.4 Å². The van der Waals surface area contributed by atoms with E-state index in [9.17, 15) is 13.2 Å². The van der Waals surface area contributed by atoms with Gasteiger partial charge in [0, 0.05) is 6.04 Å². The van der Waals surface area contributed by atoms with Crippen molar-refractivity contribution in [1.82, 2.24) is 4.72 Å². The minimum atomic E-state index is -3.63. The number of hydrogen-bond acceptors (Lipinski definition) is 5. The number of carbonyl (C=O) groups excluding carboxylic acids is 1. The zero-order valence-electron chi connectivity index (χ0n) is 9.09. The molecule has 0 bridgehead atoms. The van der Waals surface area contributed by atoms with Crippen LogP contribution in [0.5, 0.6) is 0 Å². The SMILES string of the molecule is O=Cc1ccc(S(=O)(=O)NC2CCSCC2)o1. The summed E-state index contributed by atoms with van der Waals surface area (Å²) in [4.78, 5) is 10.4. The van der Waals surface area contributed by atoms with Gasteiger partial charge >= 0.3 is 0 Å². The second-order valence-corrected chi connectivity index (χ2v) is 6.65. The van der Waals surface area contributed by atoms with E-state index >= 15 is 0 Å². The van der Waals surface area contributed by atoms with E-state index in [1.165, 1.54) is 12.1 Å². The van der Waals surface area contributed by atoms with Crippen molar-refractivity contribution < 1.29 is 17.6 Å². The Labute approximate surface area is 104 Å². The van der Waals surface area contributed by atoms with Crippen molar-refractivity contribution in [3.8, 4) is 0 Å². The van der Waals surface area contributed by atoms with Gasteiger partial charge in [0.15, 0.2) is 12.0 Å². The fourth-order valence-corrected chi connectivity index (χ4v) is 3.99. The molecule has 5 nitrogen and oxygen atoms in total. The minimum absolute atomic E-state index is 0.0181. The van der Waals surface area contributed by atoms with Crippen LogP contribution in [-0.4, -0.2) is 32.3 Å². The molecule has 7 heteroatoms. The predicted octanol–water partition coefficient (Wildman–Crippen LogP) is 1.27. The smallest absolute Gasteiger partial charge is 0.274 e. The molecular weight excluding hydrogens is 262 g/mol. The van der Waals surface area contributed by atoms with Gasteiger partial charge in [-0.25, -0.2) is 13.1 Å². The van der Waals surface area contributed by atoms with Crippen LogP contribution in [0, 0.1) is 0 Å². The normalized spacial score (nSPS) is 18.1. The van der Waals surface area contributed by atoms with E-state index in [4.69, 9.17) is 4.42 Å². The molecule has 0 unspecified atom stereocenters. The molecule has 1 saturated heterocycles. The molecule has 1 N–H and O–H groups in total. The molecule has 0 aromatic carbocycles. The third kappa shape index (κ3) is 3.11. The van der Waals surface area contributed by atoms with E-state index in [1.807, 2.05) is 11.8 Å². The van der Waals surface area contributed by atoms with Crippen LogP contribution in [0.3, 0.4) is 0 Å². The van der Waals surface area contributed by atoms with Crippen LogP contribution >= 0.6 is 11.8 Å². The van der Waals surface area contributed by atoms with Gasteiger partial charge in [0.1, 0.15) is 0 Å². The van der Waals surface area contributed by atoms with Crippen molar-refractivity contribution in [2.24, 2.45) is 0 Å². The third-order valence-electron chi connectivity index (χ3n) is 2.53. The van der Waals surface area contributed by atoms with Crippen molar-refractivity contribution >= 4 is 28.1 Å². The maximum Gasteiger partial charge on any atom is 0.274 e. The zero-order chi connectivity index (χ0) is 12.3. The molecule has 0 amide bonds. The average molecular weight is 275 g/mol. The van der Waals surface area contributed by atoms with E-state index in [2.05, 4.69) is 4.72 Å². The Morgan fingerprint density at radius 1 is 1.35 bits per heavy atom. The predicted molar refractivity (Wildman–Crippen MR) is 64.8 cm³/mol. The van der Waals surface area contributed by atoms with Gasteiger partial charge in [-0.2, -0.15) is 11.8 Å².